The Morgan fingerprint density at radius 2 is 1.62 bits per heavy atom. The highest BCUT2D eigenvalue weighted by molar-refractivity contribution is 5.78. The zero-order chi connectivity index (χ0) is 27.5. The average Bonchev–Trinajstić information content (AvgIpc) is 3.59. The third-order valence-corrected chi connectivity index (χ3v) is 10.3. The maximum absolute atomic E-state index is 7.04. The van der Waals surface area contributed by atoms with Crippen molar-refractivity contribution < 1.29 is 4.74 Å². The number of hydrogen-bond acceptors (Lipinski definition) is 2. The van der Waals surface area contributed by atoms with Crippen molar-refractivity contribution in [3.05, 3.63) is 113 Å². The molecule has 0 N–H and O–H groups in total. The smallest absolute Gasteiger partial charge is 0.128 e. The molecule has 0 spiro atoms. The molecule has 206 valence electrons. The maximum Gasteiger partial charge on any atom is 0.128 e. The first-order valence-corrected chi connectivity index (χ1v) is 15.6. The van der Waals surface area contributed by atoms with Crippen molar-refractivity contribution in [2.45, 2.75) is 72.1 Å². The predicted molar refractivity (Wildman–Crippen MR) is 166 cm³/mol. The van der Waals surface area contributed by atoms with E-state index in [9.17, 15) is 0 Å². The highest BCUT2D eigenvalue weighted by Gasteiger charge is 2.51. The molecule has 3 heterocycles. The van der Waals surface area contributed by atoms with Crippen LogP contribution in [0.1, 0.15) is 59.4 Å². The molecule has 2 heteroatoms. The molecule has 2 aromatic carbocycles. The normalized spacial score (nSPS) is 30.9. The largest absolute Gasteiger partial charge is 0.485 e. The number of hydrogen-bond donors (Lipinski definition) is 0. The van der Waals surface area contributed by atoms with Crippen molar-refractivity contribution >= 4 is 5.57 Å². The first kappa shape index (κ1) is 25.8. The van der Waals surface area contributed by atoms with Gasteiger partial charge in [0.05, 0.1) is 6.04 Å². The van der Waals surface area contributed by atoms with Gasteiger partial charge in [0.2, 0.25) is 0 Å². The number of rotatable bonds is 5. The van der Waals surface area contributed by atoms with Gasteiger partial charge in [-0.15, -0.1) is 0 Å². The van der Waals surface area contributed by atoms with E-state index in [0.29, 0.717) is 35.8 Å². The van der Waals surface area contributed by atoms with Crippen LogP contribution in [0.15, 0.2) is 107 Å². The van der Waals surface area contributed by atoms with Gasteiger partial charge in [-0.1, -0.05) is 119 Å². The Labute approximate surface area is 240 Å². The summed E-state index contributed by atoms with van der Waals surface area (Å²) in [4.78, 5) is 2.82. The minimum atomic E-state index is 0.0882. The van der Waals surface area contributed by atoms with Crippen LogP contribution in [0, 0.1) is 23.7 Å². The van der Waals surface area contributed by atoms with Crippen LogP contribution < -0.4 is 0 Å². The summed E-state index contributed by atoms with van der Waals surface area (Å²) in [5, 5.41) is 0. The van der Waals surface area contributed by atoms with Crippen LogP contribution in [-0.2, 0) is 4.74 Å². The van der Waals surface area contributed by atoms with E-state index in [0.717, 1.165) is 13.0 Å². The second-order valence-corrected chi connectivity index (χ2v) is 12.9. The van der Waals surface area contributed by atoms with Gasteiger partial charge in [0.25, 0.3) is 0 Å². The van der Waals surface area contributed by atoms with Crippen molar-refractivity contribution in [1.82, 2.24) is 4.90 Å². The third kappa shape index (κ3) is 4.02. The molecule has 0 radical (unpaired) electrons. The number of allylic oxidation sites excluding steroid dienone is 2. The minimum Gasteiger partial charge on any atom is -0.485 e. The molecule has 3 aliphatic heterocycles. The van der Waals surface area contributed by atoms with Crippen molar-refractivity contribution in [2.24, 2.45) is 23.7 Å². The fourth-order valence-electron chi connectivity index (χ4n) is 8.35. The summed E-state index contributed by atoms with van der Waals surface area (Å²) in [6.07, 6.45) is 13.4. The summed E-state index contributed by atoms with van der Waals surface area (Å²) in [6.45, 7) is 13.1. The molecule has 6 atom stereocenters. The quantitative estimate of drug-likeness (QED) is 0.358. The standard InChI is InChI=1S/C38H43NO/c1-6-30-33(7-2)39-22-29(23(3)4)20-34(39)37-36(30)24(5)19-32-31-18-17-28(21-35(31)40-38(32)37)27-15-13-26(14-16-27)25-11-9-8-10-12-25/h8-18,20-21,23-24,30-31,33-35H,6-7,19,22H2,1-5H3. The number of benzene rings is 2. The lowest BCUT2D eigenvalue weighted by molar-refractivity contribution is 0.114. The molecule has 0 amide bonds. The van der Waals surface area contributed by atoms with Crippen LogP contribution in [0.3, 0.4) is 0 Å². The molecule has 2 aliphatic carbocycles. The van der Waals surface area contributed by atoms with Gasteiger partial charge < -0.3 is 4.74 Å². The van der Waals surface area contributed by atoms with E-state index < -0.39 is 0 Å². The lowest BCUT2D eigenvalue weighted by Gasteiger charge is -2.48. The van der Waals surface area contributed by atoms with Gasteiger partial charge in [-0.2, -0.15) is 0 Å². The Kier molecular flexibility index (Phi) is 6.50. The van der Waals surface area contributed by atoms with Gasteiger partial charge in [0.15, 0.2) is 0 Å². The van der Waals surface area contributed by atoms with Crippen LogP contribution in [0.25, 0.3) is 16.7 Å². The maximum atomic E-state index is 7.04. The molecule has 0 saturated heterocycles. The molecular formula is C38H43NO. The van der Waals surface area contributed by atoms with E-state index in [4.69, 9.17) is 4.74 Å². The molecule has 2 aromatic rings. The summed E-state index contributed by atoms with van der Waals surface area (Å²) in [6, 6.07) is 20.6. The van der Waals surface area contributed by atoms with Crippen molar-refractivity contribution in [3.63, 3.8) is 0 Å². The Morgan fingerprint density at radius 3 is 2.33 bits per heavy atom. The zero-order valence-corrected chi connectivity index (χ0v) is 24.7. The number of fused-ring (bicyclic) bond motifs is 5. The van der Waals surface area contributed by atoms with Crippen LogP contribution >= 0.6 is 0 Å². The Morgan fingerprint density at radius 1 is 0.900 bits per heavy atom. The molecule has 2 nitrogen and oxygen atoms in total. The molecule has 0 saturated carbocycles. The second kappa shape index (κ2) is 10.1. The minimum absolute atomic E-state index is 0.0882. The molecule has 5 aliphatic rings. The molecule has 6 unspecified atom stereocenters. The van der Waals surface area contributed by atoms with E-state index >= 15 is 0 Å². The summed E-state index contributed by atoms with van der Waals surface area (Å²) in [7, 11) is 0. The summed E-state index contributed by atoms with van der Waals surface area (Å²) in [5.74, 6) is 3.39. The molecule has 0 bridgehead atoms. The van der Waals surface area contributed by atoms with E-state index in [1.165, 1.54) is 46.4 Å². The third-order valence-electron chi connectivity index (χ3n) is 10.3. The highest BCUT2D eigenvalue weighted by Crippen LogP contribution is 2.55. The van der Waals surface area contributed by atoms with Gasteiger partial charge in [-0.25, -0.2) is 0 Å². The van der Waals surface area contributed by atoms with Crippen molar-refractivity contribution in [1.29, 1.82) is 0 Å². The van der Waals surface area contributed by atoms with Crippen LogP contribution in [0.5, 0.6) is 0 Å². The van der Waals surface area contributed by atoms with Crippen molar-refractivity contribution in [2.75, 3.05) is 6.54 Å². The lowest BCUT2D eigenvalue weighted by atomic mass is 9.67. The monoisotopic (exact) mass is 529 g/mol. The van der Waals surface area contributed by atoms with E-state index in [-0.39, 0.29) is 6.10 Å². The molecule has 0 fully saturated rings. The SMILES string of the molecule is CCC1C2=C(C3=C(CC2C)C2C=CC(c4ccc(-c5ccccc5)cc4)=CC2O3)C2C=C(C(C)C)CN2C1CC. The predicted octanol–water partition coefficient (Wildman–Crippen LogP) is 9.00. The van der Waals surface area contributed by atoms with Gasteiger partial charge in [-0.05, 0) is 70.9 Å². The summed E-state index contributed by atoms with van der Waals surface area (Å²) in [5.41, 5.74) is 11.4. The van der Waals surface area contributed by atoms with Gasteiger partial charge >= 0.3 is 0 Å². The van der Waals surface area contributed by atoms with E-state index in [1.807, 2.05) is 0 Å². The second-order valence-electron chi connectivity index (χ2n) is 12.9. The van der Waals surface area contributed by atoms with Gasteiger partial charge in [-0.3, -0.25) is 4.90 Å². The van der Waals surface area contributed by atoms with Gasteiger partial charge in [0.1, 0.15) is 11.9 Å². The fraction of sp³-hybridized carbons (Fsp3) is 0.421. The fourth-order valence-corrected chi connectivity index (χ4v) is 8.35. The number of ether oxygens (including phenoxy) is 1. The summed E-state index contributed by atoms with van der Waals surface area (Å²) < 4.78 is 7.04. The topological polar surface area (TPSA) is 12.5 Å². The molecule has 7 rings (SSSR count). The Bertz CT molecular complexity index is 1450. The Hall–Kier alpha value is -3.10. The zero-order valence-electron chi connectivity index (χ0n) is 24.7. The van der Waals surface area contributed by atoms with Crippen LogP contribution in [0.4, 0.5) is 0 Å². The van der Waals surface area contributed by atoms with Crippen LogP contribution in [0.2, 0.25) is 0 Å². The number of nitrogens with zero attached hydrogens (tertiary/aromatic N) is 1. The molecule has 0 aromatic heterocycles. The van der Waals surface area contributed by atoms with Gasteiger partial charge in [0, 0.05) is 24.1 Å². The van der Waals surface area contributed by atoms with Crippen molar-refractivity contribution in [3.8, 4) is 11.1 Å². The first-order chi connectivity index (χ1) is 19.5. The highest BCUT2D eigenvalue weighted by atomic mass is 16.5. The van der Waals surface area contributed by atoms with Crippen LogP contribution in [-0.4, -0.2) is 29.6 Å². The summed E-state index contributed by atoms with van der Waals surface area (Å²) >= 11 is 0. The molecular weight excluding hydrogens is 486 g/mol. The van der Waals surface area contributed by atoms with E-state index in [2.05, 4.69) is 118 Å². The molecule has 40 heavy (non-hydrogen) atoms. The first-order valence-electron chi connectivity index (χ1n) is 15.6. The lowest BCUT2D eigenvalue weighted by Crippen LogP contribution is -2.51. The average molecular weight is 530 g/mol. The van der Waals surface area contributed by atoms with E-state index in [1.54, 1.807) is 16.7 Å². The Balaban J connectivity index is 1.23.